The van der Waals surface area contributed by atoms with Gasteiger partial charge in [-0.3, -0.25) is 4.79 Å². The van der Waals surface area contributed by atoms with Gasteiger partial charge >= 0.3 is 0 Å². The molecule has 1 N–H and O–H groups in total. The van der Waals surface area contributed by atoms with Crippen LogP contribution in [0.5, 0.6) is 0 Å². The molecule has 0 radical (unpaired) electrons. The first-order valence-electron chi connectivity index (χ1n) is 6.93. The molecule has 0 unspecified atom stereocenters. The second-order valence-corrected chi connectivity index (χ2v) is 6.33. The summed E-state index contributed by atoms with van der Waals surface area (Å²) in [5.74, 6) is 0.650. The van der Waals surface area contributed by atoms with Crippen LogP contribution in [0.1, 0.15) is 27.7 Å². The quantitative estimate of drug-likeness (QED) is 0.881. The van der Waals surface area contributed by atoms with E-state index in [9.17, 15) is 4.79 Å². The fourth-order valence-electron chi connectivity index (χ4n) is 2.50. The number of thiophene rings is 1. The second-order valence-electron chi connectivity index (χ2n) is 4.94. The molecule has 2 aromatic rings. The first-order chi connectivity index (χ1) is 10.2. The molecule has 6 heteroatoms. The molecule has 0 saturated carbocycles. The van der Waals surface area contributed by atoms with Crippen molar-refractivity contribution in [3.8, 4) is 0 Å². The number of halogens is 1. The zero-order valence-electron chi connectivity index (χ0n) is 11.7. The summed E-state index contributed by atoms with van der Waals surface area (Å²) in [6, 6.07) is 5.50. The molecular formula is C15H16ClN3OS. The molecular weight excluding hydrogens is 306 g/mol. The summed E-state index contributed by atoms with van der Waals surface area (Å²) in [6.45, 7) is 4.15. The van der Waals surface area contributed by atoms with Crippen LogP contribution in [0.4, 0.5) is 5.82 Å². The van der Waals surface area contributed by atoms with E-state index in [2.05, 4.69) is 21.7 Å². The summed E-state index contributed by atoms with van der Waals surface area (Å²) in [5, 5.41) is 5.52. The summed E-state index contributed by atoms with van der Waals surface area (Å²) < 4.78 is 0. The Labute approximate surface area is 132 Å². The number of hydrogen-bond acceptors (Lipinski definition) is 4. The lowest BCUT2D eigenvalue weighted by Gasteiger charge is -2.27. The normalized spacial score (nSPS) is 13.9. The Morgan fingerprint density at radius 2 is 2.38 bits per heavy atom. The number of fused-ring (bicyclic) bond motifs is 1. The number of anilines is 1. The van der Waals surface area contributed by atoms with Gasteiger partial charge in [-0.05, 0) is 42.5 Å². The van der Waals surface area contributed by atoms with Gasteiger partial charge in [-0.25, -0.2) is 4.98 Å². The minimum Gasteiger partial charge on any atom is -0.370 e. The number of pyridine rings is 1. The van der Waals surface area contributed by atoms with E-state index in [-0.39, 0.29) is 5.91 Å². The van der Waals surface area contributed by atoms with Gasteiger partial charge in [0.05, 0.1) is 0 Å². The molecule has 1 aliphatic heterocycles. The highest BCUT2D eigenvalue weighted by Gasteiger charge is 2.23. The number of hydrogen-bond donors (Lipinski definition) is 1. The van der Waals surface area contributed by atoms with E-state index in [4.69, 9.17) is 11.6 Å². The smallest absolute Gasteiger partial charge is 0.254 e. The van der Waals surface area contributed by atoms with Crippen LogP contribution in [0, 0.1) is 0 Å². The lowest BCUT2D eigenvalue weighted by molar-refractivity contribution is 0.0736. The topological polar surface area (TPSA) is 45.2 Å². The fourth-order valence-corrected chi connectivity index (χ4v) is 3.59. The molecule has 0 spiro atoms. The van der Waals surface area contributed by atoms with Gasteiger partial charge in [0.15, 0.2) is 0 Å². The van der Waals surface area contributed by atoms with Gasteiger partial charge in [-0.15, -0.1) is 11.3 Å². The predicted molar refractivity (Wildman–Crippen MR) is 86.2 cm³/mol. The molecule has 0 aromatic carbocycles. The molecule has 2 aromatic heterocycles. The van der Waals surface area contributed by atoms with Crippen molar-refractivity contribution < 1.29 is 4.79 Å². The Morgan fingerprint density at radius 3 is 3.19 bits per heavy atom. The zero-order chi connectivity index (χ0) is 14.8. The van der Waals surface area contributed by atoms with Crippen LogP contribution >= 0.6 is 22.9 Å². The third-order valence-corrected chi connectivity index (χ3v) is 4.71. The maximum atomic E-state index is 12.7. The first-order valence-corrected chi connectivity index (χ1v) is 8.19. The highest BCUT2D eigenvalue weighted by molar-refractivity contribution is 7.10. The SMILES string of the molecule is CCNc1cc(C(=O)N2CCc3sccc3C2)cc(Cl)n1. The largest absolute Gasteiger partial charge is 0.370 e. The van der Waals surface area contributed by atoms with Gasteiger partial charge in [0.1, 0.15) is 11.0 Å². The number of aromatic nitrogens is 1. The molecule has 3 rings (SSSR count). The minimum absolute atomic E-state index is 0.00954. The zero-order valence-corrected chi connectivity index (χ0v) is 13.3. The monoisotopic (exact) mass is 321 g/mol. The number of carbonyl (C=O) groups excluding carboxylic acids is 1. The van der Waals surface area contributed by atoms with Crippen LogP contribution in [-0.2, 0) is 13.0 Å². The number of carbonyl (C=O) groups is 1. The van der Waals surface area contributed by atoms with Crippen LogP contribution in [0.15, 0.2) is 23.6 Å². The van der Waals surface area contributed by atoms with Crippen LogP contribution in [0.25, 0.3) is 0 Å². The van der Waals surface area contributed by atoms with Gasteiger partial charge in [-0.1, -0.05) is 11.6 Å². The van der Waals surface area contributed by atoms with E-state index in [0.29, 0.717) is 23.1 Å². The first kappa shape index (κ1) is 14.4. The van der Waals surface area contributed by atoms with E-state index in [1.807, 2.05) is 11.8 Å². The Bertz CT molecular complexity index is 671. The third-order valence-electron chi connectivity index (χ3n) is 3.49. The number of amides is 1. The van der Waals surface area contributed by atoms with Crippen LogP contribution in [0.3, 0.4) is 0 Å². The predicted octanol–water partition coefficient (Wildman–Crippen LogP) is 3.43. The molecule has 0 saturated heterocycles. The fraction of sp³-hybridized carbons (Fsp3) is 0.333. The lowest BCUT2D eigenvalue weighted by atomic mass is 10.1. The lowest BCUT2D eigenvalue weighted by Crippen LogP contribution is -2.35. The molecule has 0 bridgehead atoms. The third kappa shape index (κ3) is 3.04. The number of nitrogens with one attached hydrogen (secondary N) is 1. The molecule has 1 amide bonds. The van der Waals surface area contributed by atoms with E-state index in [0.717, 1.165) is 19.5 Å². The highest BCUT2D eigenvalue weighted by Crippen LogP contribution is 2.25. The van der Waals surface area contributed by atoms with E-state index >= 15 is 0 Å². The van der Waals surface area contributed by atoms with Crippen LogP contribution < -0.4 is 5.32 Å². The van der Waals surface area contributed by atoms with Crippen molar-refractivity contribution in [3.05, 3.63) is 44.7 Å². The molecule has 4 nitrogen and oxygen atoms in total. The van der Waals surface area contributed by atoms with Crippen molar-refractivity contribution in [3.63, 3.8) is 0 Å². The van der Waals surface area contributed by atoms with E-state index < -0.39 is 0 Å². The summed E-state index contributed by atoms with van der Waals surface area (Å²) in [4.78, 5) is 20.1. The van der Waals surface area contributed by atoms with Crippen molar-refractivity contribution in [1.29, 1.82) is 0 Å². The summed E-state index contributed by atoms with van der Waals surface area (Å²) >= 11 is 7.78. The van der Waals surface area contributed by atoms with E-state index in [1.54, 1.807) is 23.5 Å². The standard InChI is InChI=1S/C15H16ClN3OS/c1-2-17-14-8-11(7-13(16)18-14)15(20)19-5-3-12-10(9-19)4-6-21-12/h4,6-8H,2-3,5,9H2,1H3,(H,17,18). The molecule has 1 aliphatic rings. The van der Waals surface area contributed by atoms with Gasteiger partial charge in [0.25, 0.3) is 5.91 Å². The molecule has 0 fully saturated rings. The van der Waals surface area contributed by atoms with Gasteiger partial charge in [0.2, 0.25) is 0 Å². The van der Waals surface area contributed by atoms with Gasteiger partial charge in [-0.2, -0.15) is 0 Å². The van der Waals surface area contributed by atoms with Gasteiger partial charge in [0, 0.05) is 30.1 Å². The molecule has 21 heavy (non-hydrogen) atoms. The maximum absolute atomic E-state index is 12.7. The maximum Gasteiger partial charge on any atom is 0.254 e. The van der Waals surface area contributed by atoms with Crippen molar-refractivity contribution in [1.82, 2.24) is 9.88 Å². The summed E-state index contributed by atoms with van der Waals surface area (Å²) in [6.07, 6.45) is 0.928. The summed E-state index contributed by atoms with van der Waals surface area (Å²) in [7, 11) is 0. The number of nitrogens with zero attached hydrogens (tertiary/aromatic N) is 2. The molecule has 110 valence electrons. The van der Waals surface area contributed by atoms with Crippen molar-refractivity contribution in [2.24, 2.45) is 0 Å². The average Bonchev–Trinajstić information content (AvgIpc) is 2.93. The van der Waals surface area contributed by atoms with Crippen LogP contribution in [-0.4, -0.2) is 28.9 Å². The highest BCUT2D eigenvalue weighted by atomic mass is 35.5. The number of rotatable bonds is 3. The Hall–Kier alpha value is -1.59. The van der Waals surface area contributed by atoms with Crippen molar-refractivity contribution in [2.45, 2.75) is 19.9 Å². The molecule has 0 atom stereocenters. The Balaban J connectivity index is 1.82. The Kier molecular flexibility index (Phi) is 4.12. The Morgan fingerprint density at radius 1 is 1.52 bits per heavy atom. The molecule has 3 heterocycles. The second kappa shape index (κ2) is 6.03. The minimum atomic E-state index is 0.00954. The average molecular weight is 322 g/mol. The molecule has 0 aliphatic carbocycles. The van der Waals surface area contributed by atoms with Crippen molar-refractivity contribution in [2.75, 3.05) is 18.4 Å². The van der Waals surface area contributed by atoms with Gasteiger partial charge < -0.3 is 10.2 Å². The summed E-state index contributed by atoms with van der Waals surface area (Å²) in [5.41, 5.74) is 1.84. The van der Waals surface area contributed by atoms with E-state index in [1.165, 1.54) is 10.4 Å². The van der Waals surface area contributed by atoms with Crippen LogP contribution in [0.2, 0.25) is 5.15 Å². The van der Waals surface area contributed by atoms with Crippen molar-refractivity contribution >= 4 is 34.7 Å².